The first kappa shape index (κ1) is 13.5. The molecule has 0 radical (unpaired) electrons. The van der Waals surface area contributed by atoms with Crippen LogP contribution in [0.3, 0.4) is 0 Å². The highest BCUT2D eigenvalue weighted by Gasteiger charge is 2.49. The second-order valence-electron chi connectivity index (χ2n) is 3.92. The molecule has 1 N–H and O–H groups in total. The highest BCUT2D eigenvalue weighted by atomic mass is 16.5. The third-order valence-electron chi connectivity index (χ3n) is 3.05. The predicted molar refractivity (Wildman–Crippen MR) is 60.2 cm³/mol. The quantitative estimate of drug-likeness (QED) is 0.567. The maximum absolute atomic E-state index is 12.1. The van der Waals surface area contributed by atoms with Gasteiger partial charge in [0.05, 0.1) is 6.61 Å². The van der Waals surface area contributed by atoms with Crippen molar-refractivity contribution in [3.8, 4) is 0 Å². The molecule has 1 rings (SSSR count). The van der Waals surface area contributed by atoms with Crippen molar-refractivity contribution in [2.75, 3.05) is 13.2 Å². The smallest absolute Gasteiger partial charge is 0.326 e. The number of amides is 3. The Morgan fingerprint density at radius 1 is 1.29 bits per heavy atom. The van der Waals surface area contributed by atoms with Crippen LogP contribution in [-0.4, -0.2) is 41.5 Å². The number of esters is 1. The second kappa shape index (κ2) is 5.16. The Morgan fingerprint density at radius 3 is 2.29 bits per heavy atom. The lowest BCUT2D eigenvalue weighted by molar-refractivity contribution is -0.147. The van der Waals surface area contributed by atoms with Crippen molar-refractivity contribution in [2.45, 2.75) is 39.2 Å². The minimum absolute atomic E-state index is 0.231. The summed E-state index contributed by atoms with van der Waals surface area (Å²) in [5.41, 5.74) is -0.858. The zero-order chi connectivity index (χ0) is 13.1. The van der Waals surface area contributed by atoms with Gasteiger partial charge in [-0.1, -0.05) is 13.8 Å². The number of hydrogen-bond acceptors (Lipinski definition) is 4. The number of carbonyl (C=O) groups excluding carboxylic acids is 3. The van der Waals surface area contributed by atoms with Gasteiger partial charge in [-0.3, -0.25) is 14.5 Å². The first-order valence-corrected chi connectivity index (χ1v) is 5.80. The van der Waals surface area contributed by atoms with Crippen LogP contribution in [0, 0.1) is 0 Å². The molecule has 1 fully saturated rings. The standard InChI is InChI=1S/C11H18N2O4/c1-4-11(5-2)9(15)13(10(16)12-11)7-8(14)17-6-3/h4-7H2,1-3H3,(H,12,16). The Morgan fingerprint density at radius 2 is 1.88 bits per heavy atom. The van der Waals surface area contributed by atoms with Crippen molar-refractivity contribution in [3.05, 3.63) is 0 Å². The number of nitrogens with one attached hydrogen (secondary N) is 1. The molecule has 0 bridgehead atoms. The fraction of sp³-hybridized carbons (Fsp3) is 0.727. The minimum atomic E-state index is -0.858. The van der Waals surface area contributed by atoms with Crippen LogP contribution < -0.4 is 5.32 Å². The summed E-state index contributed by atoms with van der Waals surface area (Å²) in [5, 5.41) is 2.64. The van der Waals surface area contributed by atoms with Crippen molar-refractivity contribution in [2.24, 2.45) is 0 Å². The van der Waals surface area contributed by atoms with E-state index in [2.05, 4.69) is 5.32 Å². The van der Waals surface area contributed by atoms with E-state index in [0.717, 1.165) is 4.90 Å². The van der Waals surface area contributed by atoms with Crippen molar-refractivity contribution in [1.29, 1.82) is 0 Å². The molecule has 0 aromatic rings. The zero-order valence-electron chi connectivity index (χ0n) is 10.4. The monoisotopic (exact) mass is 242 g/mol. The van der Waals surface area contributed by atoms with E-state index in [1.807, 2.05) is 13.8 Å². The van der Waals surface area contributed by atoms with Gasteiger partial charge in [0.1, 0.15) is 12.1 Å². The van der Waals surface area contributed by atoms with Crippen LogP contribution in [0.2, 0.25) is 0 Å². The Balaban J connectivity index is 2.79. The van der Waals surface area contributed by atoms with Crippen LogP contribution in [-0.2, 0) is 14.3 Å². The number of ether oxygens (including phenoxy) is 1. The molecule has 0 spiro atoms. The molecule has 17 heavy (non-hydrogen) atoms. The molecule has 1 aliphatic rings. The second-order valence-corrected chi connectivity index (χ2v) is 3.92. The molecule has 0 saturated carbocycles. The van der Waals surface area contributed by atoms with Gasteiger partial charge in [0.15, 0.2) is 0 Å². The van der Waals surface area contributed by atoms with E-state index >= 15 is 0 Å². The zero-order valence-corrected chi connectivity index (χ0v) is 10.4. The number of nitrogens with zero attached hydrogens (tertiary/aromatic N) is 1. The molecule has 1 aliphatic heterocycles. The molecule has 6 heteroatoms. The fourth-order valence-electron chi connectivity index (χ4n) is 1.88. The van der Waals surface area contributed by atoms with Gasteiger partial charge >= 0.3 is 12.0 Å². The van der Waals surface area contributed by atoms with E-state index in [0.29, 0.717) is 12.8 Å². The van der Waals surface area contributed by atoms with Crippen molar-refractivity contribution < 1.29 is 19.1 Å². The number of carbonyl (C=O) groups is 3. The van der Waals surface area contributed by atoms with Crippen LogP contribution >= 0.6 is 0 Å². The molecule has 6 nitrogen and oxygen atoms in total. The third-order valence-corrected chi connectivity index (χ3v) is 3.05. The molecule has 96 valence electrons. The maximum Gasteiger partial charge on any atom is 0.326 e. The van der Waals surface area contributed by atoms with Gasteiger partial charge in [-0.25, -0.2) is 4.79 Å². The van der Waals surface area contributed by atoms with E-state index < -0.39 is 17.5 Å². The SMILES string of the molecule is CCOC(=O)CN1C(=O)NC(CC)(CC)C1=O. The molecule has 0 aromatic heterocycles. The van der Waals surface area contributed by atoms with Crippen LogP contribution in [0.5, 0.6) is 0 Å². The highest BCUT2D eigenvalue weighted by Crippen LogP contribution is 2.24. The first-order chi connectivity index (χ1) is 8.00. The summed E-state index contributed by atoms with van der Waals surface area (Å²) in [7, 11) is 0. The Labute approximate surface area is 100 Å². The minimum Gasteiger partial charge on any atom is -0.465 e. The summed E-state index contributed by atoms with van der Waals surface area (Å²) in [6.45, 7) is 5.24. The molecule has 0 aromatic carbocycles. The molecular formula is C11H18N2O4. The number of rotatable bonds is 5. The highest BCUT2D eigenvalue weighted by molar-refractivity contribution is 6.08. The molecule has 1 saturated heterocycles. The summed E-state index contributed by atoms with van der Waals surface area (Å²) < 4.78 is 4.72. The summed E-state index contributed by atoms with van der Waals surface area (Å²) >= 11 is 0. The molecule has 3 amide bonds. The number of hydrogen-bond donors (Lipinski definition) is 1. The van der Waals surface area contributed by atoms with E-state index in [1.165, 1.54) is 0 Å². The molecule has 1 heterocycles. The predicted octanol–water partition coefficient (Wildman–Crippen LogP) is 0.660. The van der Waals surface area contributed by atoms with Gasteiger partial charge in [0.25, 0.3) is 5.91 Å². The van der Waals surface area contributed by atoms with E-state index in [4.69, 9.17) is 4.74 Å². The first-order valence-electron chi connectivity index (χ1n) is 5.80. The van der Waals surface area contributed by atoms with E-state index in [1.54, 1.807) is 6.92 Å². The molecule has 0 atom stereocenters. The number of imide groups is 1. The van der Waals surface area contributed by atoms with Crippen molar-refractivity contribution >= 4 is 17.9 Å². The average Bonchev–Trinajstić information content (AvgIpc) is 2.54. The summed E-state index contributed by atoms with van der Waals surface area (Å²) in [4.78, 5) is 35.9. The third kappa shape index (κ3) is 2.40. The van der Waals surface area contributed by atoms with Gasteiger partial charge in [-0.15, -0.1) is 0 Å². The van der Waals surface area contributed by atoms with Crippen molar-refractivity contribution in [1.82, 2.24) is 10.2 Å². The summed E-state index contributed by atoms with van der Waals surface area (Å²) in [6.07, 6.45) is 1.01. The van der Waals surface area contributed by atoms with Gasteiger partial charge in [0, 0.05) is 0 Å². The average molecular weight is 242 g/mol. The Kier molecular flexibility index (Phi) is 4.09. The van der Waals surface area contributed by atoms with Gasteiger partial charge in [-0.05, 0) is 19.8 Å². The van der Waals surface area contributed by atoms with Crippen LogP contribution in [0.4, 0.5) is 4.79 Å². The van der Waals surface area contributed by atoms with Crippen molar-refractivity contribution in [3.63, 3.8) is 0 Å². The molecular weight excluding hydrogens is 224 g/mol. The number of urea groups is 1. The van der Waals surface area contributed by atoms with E-state index in [9.17, 15) is 14.4 Å². The summed E-state index contributed by atoms with van der Waals surface area (Å²) in [5.74, 6) is -0.917. The van der Waals surface area contributed by atoms with Crippen LogP contribution in [0.1, 0.15) is 33.6 Å². The lowest BCUT2D eigenvalue weighted by Gasteiger charge is -2.22. The van der Waals surface area contributed by atoms with Gasteiger partial charge < -0.3 is 10.1 Å². The maximum atomic E-state index is 12.1. The van der Waals surface area contributed by atoms with Gasteiger partial charge in [-0.2, -0.15) is 0 Å². The molecule has 0 unspecified atom stereocenters. The van der Waals surface area contributed by atoms with Gasteiger partial charge in [0.2, 0.25) is 0 Å². The van der Waals surface area contributed by atoms with Crippen LogP contribution in [0.15, 0.2) is 0 Å². The topological polar surface area (TPSA) is 75.7 Å². The Bertz CT molecular complexity index is 336. The largest absolute Gasteiger partial charge is 0.465 e. The fourth-order valence-corrected chi connectivity index (χ4v) is 1.88. The lowest BCUT2D eigenvalue weighted by atomic mass is 9.93. The lowest BCUT2D eigenvalue weighted by Crippen LogP contribution is -2.46. The van der Waals surface area contributed by atoms with Crippen LogP contribution in [0.25, 0.3) is 0 Å². The molecule has 0 aliphatic carbocycles. The van der Waals surface area contributed by atoms with E-state index in [-0.39, 0.29) is 19.1 Å². The summed E-state index contributed by atoms with van der Waals surface area (Å²) in [6, 6.07) is -0.522. The normalized spacial score (nSPS) is 18.2. The Hall–Kier alpha value is -1.59.